The number of carboxylic acid groups (broad SMARTS) is 1. The zero-order valence-electron chi connectivity index (χ0n) is 11.0. The van der Waals surface area contributed by atoms with Crippen LogP contribution in [-0.2, 0) is 9.59 Å². The van der Waals surface area contributed by atoms with Crippen LogP contribution in [0.5, 0.6) is 0 Å². The van der Waals surface area contributed by atoms with Gasteiger partial charge in [0.15, 0.2) is 0 Å². The zero-order valence-corrected chi connectivity index (χ0v) is 11.0. The van der Waals surface area contributed by atoms with Crippen molar-refractivity contribution in [1.29, 1.82) is 0 Å². The fourth-order valence-corrected chi connectivity index (χ4v) is 2.64. The van der Waals surface area contributed by atoms with E-state index in [1.807, 2.05) is 18.2 Å². The Morgan fingerprint density at radius 3 is 2.58 bits per heavy atom. The van der Waals surface area contributed by atoms with Gasteiger partial charge in [0.1, 0.15) is 6.04 Å². The normalized spacial score (nSPS) is 23.8. The quantitative estimate of drug-likeness (QED) is 0.872. The molecule has 1 aromatic carbocycles. The molecule has 1 aliphatic rings. The van der Waals surface area contributed by atoms with Crippen molar-refractivity contribution in [1.82, 2.24) is 5.32 Å². The third-order valence-electron chi connectivity index (χ3n) is 3.80. The number of carbonyl (C=O) groups excluding carboxylic acids is 1. The third kappa shape index (κ3) is 3.34. The lowest BCUT2D eigenvalue weighted by atomic mass is 9.96. The molecule has 0 spiro atoms. The summed E-state index contributed by atoms with van der Waals surface area (Å²) in [6, 6.07) is 9.36. The molecule has 0 heterocycles. The first kappa shape index (κ1) is 13.6. The summed E-state index contributed by atoms with van der Waals surface area (Å²) in [5, 5.41) is 11.3. The molecule has 1 aliphatic carbocycles. The molecule has 0 saturated heterocycles. The number of hydrogen-bond acceptors (Lipinski definition) is 2. The molecule has 0 aromatic heterocycles. The molecule has 4 nitrogen and oxygen atoms in total. The highest BCUT2D eigenvalue weighted by Crippen LogP contribution is 2.38. The Kier molecular flexibility index (Phi) is 4.20. The van der Waals surface area contributed by atoms with E-state index in [0.29, 0.717) is 5.92 Å². The van der Waals surface area contributed by atoms with Crippen LogP contribution in [0.15, 0.2) is 30.3 Å². The number of nitrogens with one attached hydrogen (secondary N) is 1. The van der Waals surface area contributed by atoms with E-state index in [-0.39, 0.29) is 11.8 Å². The van der Waals surface area contributed by atoms with Crippen LogP contribution < -0.4 is 5.32 Å². The highest BCUT2D eigenvalue weighted by atomic mass is 16.4. The lowest BCUT2D eigenvalue weighted by Gasteiger charge is -2.14. The molecule has 0 aliphatic heterocycles. The summed E-state index contributed by atoms with van der Waals surface area (Å²) in [6.07, 6.45) is 2.63. The maximum absolute atomic E-state index is 12.0. The largest absolute Gasteiger partial charge is 0.480 e. The van der Waals surface area contributed by atoms with Gasteiger partial charge in [-0.2, -0.15) is 0 Å². The van der Waals surface area contributed by atoms with Crippen molar-refractivity contribution in [2.45, 2.75) is 38.1 Å². The molecule has 19 heavy (non-hydrogen) atoms. The van der Waals surface area contributed by atoms with Crippen molar-refractivity contribution in [2.24, 2.45) is 5.92 Å². The molecule has 102 valence electrons. The minimum absolute atomic E-state index is 0.0630. The lowest BCUT2D eigenvalue weighted by Crippen LogP contribution is -2.41. The van der Waals surface area contributed by atoms with Crippen molar-refractivity contribution in [3.05, 3.63) is 35.9 Å². The summed E-state index contributed by atoms with van der Waals surface area (Å²) < 4.78 is 0. The van der Waals surface area contributed by atoms with Gasteiger partial charge in [-0.05, 0) is 37.7 Å². The van der Waals surface area contributed by atoms with Crippen molar-refractivity contribution in [3.63, 3.8) is 0 Å². The topological polar surface area (TPSA) is 66.4 Å². The molecule has 1 amide bonds. The van der Waals surface area contributed by atoms with Crippen molar-refractivity contribution in [2.75, 3.05) is 0 Å². The minimum Gasteiger partial charge on any atom is -0.480 e. The molecule has 1 saturated carbocycles. The predicted molar refractivity (Wildman–Crippen MR) is 71.8 cm³/mol. The summed E-state index contributed by atoms with van der Waals surface area (Å²) in [5.74, 6) is -0.775. The van der Waals surface area contributed by atoms with Crippen LogP contribution in [0.3, 0.4) is 0 Å². The van der Waals surface area contributed by atoms with Crippen molar-refractivity contribution in [3.8, 4) is 0 Å². The third-order valence-corrected chi connectivity index (χ3v) is 3.80. The van der Waals surface area contributed by atoms with Crippen LogP contribution in [0.1, 0.15) is 37.7 Å². The van der Waals surface area contributed by atoms with Gasteiger partial charge < -0.3 is 10.4 Å². The maximum atomic E-state index is 12.0. The molecule has 1 fully saturated rings. The molecule has 1 aromatic rings. The van der Waals surface area contributed by atoms with E-state index in [0.717, 1.165) is 19.3 Å². The van der Waals surface area contributed by atoms with Crippen molar-refractivity contribution >= 4 is 11.9 Å². The van der Waals surface area contributed by atoms with E-state index in [4.69, 9.17) is 5.11 Å². The number of hydrogen-bond donors (Lipinski definition) is 2. The number of aliphatic carboxylic acids is 1. The van der Waals surface area contributed by atoms with Gasteiger partial charge in [-0.25, -0.2) is 0 Å². The van der Waals surface area contributed by atoms with Gasteiger partial charge in [-0.3, -0.25) is 9.59 Å². The van der Waals surface area contributed by atoms with Gasteiger partial charge in [-0.15, -0.1) is 0 Å². The standard InChI is InChI=1S/C15H19NO3/c1-10(15(18)19)16-14(17)13-8-7-12(9-13)11-5-3-2-4-6-11/h2-6,10,12-13H,7-9H2,1H3,(H,16,17)(H,18,19)/t10?,12-,13-/m1/s1. The second-order valence-corrected chi connectivity index (χ2v) is 5.19. The van der Waals surface area contributed by atoms with E-state index in [2.05, 4.69) is 17.4 Å². The Morgan fingerprint density at radius 1 is 1.26 bits per heavy atom. The molecular weight excluding hydrogens is 242 g/mol. The SMILES string of the molecule is CC(NC(=O)[C@@H]1CC[C@@H](c2ccccc2)C1)C(=O)O. The maximum Gasteiger partial charge on any atom is 0.325 e. The smallest absolute Gasteiger partial charge is 0.325 e. The molecule has 2 rings (SSSR count). The first-order valence-electron chi connectivity index (χ1n) is 6.66. The Hall–Kier alpha value is -1.84. The fourth-order valence-electron chi connectivity index (χ4n) is 2.64. The first-order chi connectivity index (χ1) is 9.08. The van der Waals surface area contributed by atoms with E-state index in [1.165, 1.54) is 12.5 Å². The number of benzene rings is 1. The van der Waals surface area contributed by atoms with Gasteiger partial charge in [0.25, 0.3) is 0 Å². The van der Waals surface area contributed by atoms with Gasteiger partial charge in [0.2, 0.25) is 5.91 Å². The van der Waals surface area contributed by atoms with E-state index in [1.54, 1.807) is 0 Å². The number of amides is 1. The second-order valence-electron chi connectivity index (χ2n) is 5.19. The van der Waals surface area contributed by atoms with E-state index in [9.17, 15) is 9.59 Å². The monoisotopic (exact) mass is 261 g/mol. The van der Waals surface area contributed by atoms with Gasteiger partial charge in [0.05, 0.1) is 0 Å². The van der Waals surface area contributed by atoms with E-state index < -0.39 is 12.0 Å². The highest BCUT2D eigenvalue weighted by Gasteiger charge is 2.31. The second kappa shape index (κ2) is 5.87. The highest BCUT2D eigenvalue weighted by molar-refractivity contribution is 5.84. The Balaban J connectivity index is 1.91. The Labute approximate surface area is 112 Å². The number of carbonyl (C=O) groups is 2. The molecule has 4 heteroatoms. The van der Waals surface area contributed by atoms with Crippen LogP contribution in [0, 0.1) is 5.92 Å². The number of carboxylic acids is 1. The molecular formula is C15H19NO3. The van der Waals surface area contributed by atoms with Crippen LogP contribution in [-0.4, -0.2) is 23.0 Å². The van der Waals surface area contributed by atoms with Crippen LogP contribution in [0.25, 0.3) is 0 Å². The predicted octanol–water partition coefficient (Wildman–Crippen LogP) is 2.16. The van der Waals surface area contributed by atoms with Crippen molar-refractivity contribution < 1.29 is 14.7 Å². The summed E-state index contributed by atoms with van der Waals surface area (Å²) in [5.41, 5.74) is 1.27. The lowest BCUT2D eigenvalue weighted by molar-refractivity contribution is -0.141. The molecule has 0 bridgehead atoms. The number of rotatable bonds is 4. The van der Waals surface area contributed by atoms with Crippen LogP contribution in [0.2, 0.25) is 0 Å². The van der Waals surface area contributed by atoms with Gasteiger partial charge in [-0.1, -0.05) is 30.3 Å². The van der Waals surface area contributed by atoms with Gasteiger partial charge >= 0.3 is 5.97 Å². The summed E-state index contributed by atoms with van der Waals surface area (Å²) in [4.78, 5) is 22.7. The van der Waals surface area contributed by atoms with Crippen LogP contribution in [0.4, 0.5) is 0 Å². The summed E-state index contributed by atoms with van der Waals surface area (Å²) >= 11 is 0. The fraction of sp³-hybridized carbons (Fsp3) is 0.467. The Morgan fingerprint density at radius 2 is 1.95 bits per heavy atom. The molecule has 3 atom stereocenters. The van der Waals surface area contributed by atoms with E-state index >= 15 is 0 Å². The average molecular weight is 261 g/mol. The summed E-state index contributed by atoms with van der Waals surface area (Å²) in [7, 11) is 0. The molecule has 0 radical (unpaired) electrons. The zero-order chi connectivity index (χ0) is 13.8. The van der Waals surface area contributed by atoms with Crippen LogP contribution >= 0.6 is 0 Å². The summed E-state index contributed by atoms with van der Waals surface area (Å²) in [6.45, 7) is 1.49. The Bertz CT molecular complexity index is 458. The molecule has 1 unspecified atom stereocenters. The van der Waals surface area contributed by atoms with Gasteiger partial charge in [0, 0.05) is 5.92 Å². The molecule has 2 N–H and O–H groups in total. The average Bonchev–Trinajstić information content (AvgIpc) is 2.89. The first-order valence-corrected chi connectivity index (χ1v) is 6.66. The minimum atomic E-state index is -0.994.